The molecule has 154 valence electrons. The van der Waals surface area contributed by atoms with Crippen LogP contribution in [0, 0.1) is 5.92 Å². The lowest BCUT2D eigenvalue weighted by molar-refractivity contribution is -0.142. The molecule has 0 aromatic carbocycles. The second-order valence-corrected chi connectivity index (χ2v) is 7.17. The maximum atomic E-state index is 12.6. The van der Waals surface area contributed by atoms with Gasteiger partial charge in [-0.2, -0.15) is 0 Å². The molecule has 1 rings (SSSR count). The maximum absolute atomic E-state index is 12.6. The van der Waals surface area contributed by atoms with Crippen LogP contribution in [0.1, 0.15) is 40.5 Å². The molecule has 1 aliphatic heterocycles. The number of aliphatic hydroxyl groups excluding tert-OH is 1. The minimum absolute atomic E-state index is 0.258. The molecule has 0 aliphatic carbocycles. The third kappa shape index (κ3) is 6.79. The van der Waals surface area contributed by atoms with Crippen LogP contribution in [0.15, 0.2) is 0 Å². The Hall–Kier alpha value is -2.20. The number of carboxylic acid groups (broad SMARTS) is 1. The SMILES string of the molecule is CC(NC(=O)C(NC(=O)C(NC(=O)C1CCCN1)C(C)C)C(C)O)C(=O)O. The predicted octanol–water partition coefficient (Wildman–Crippen LogP) is -1.67. The van der Waals surface area contributed by atoms with Crippen molar-refractivity contribution in [2.24, 2.45) is 5.92 Å². The first-order chi connectivity index (χ1) is 12.5. The van der Waals surface area contributed by atoms with Crippen molar-refractivity contribution in [1.29, 1.82) is 0 Å². The second kappa shape index (κ2) is 10.2. The molecule has 27 heavy (non-hydrogen) atoms. The van der Waals surface area contributed by atoms with E-state index in [4.69, 9.17) is 5.11 Å². The summed E-state index contributed by atoms with van der Waals surface area (Å²) in [5.74, 6) is -3.24. The summed E-state index contributed by atoms with van der Waals surface area (Å²) in [6.45, 7) is 6.81. The van der Waals surface area contributed by atoms with Crippen LogP contribution in [0.2, 0.25) is 0 Å². The number of rotatable bonds is 9. The van der Waals surface area contributed by atoms with Crippen molar-refractivity contribution < 1.29 is 29.4 Å². The monoisotopic (exact) mass is 386 g/mol. The Bertz CT molecular complexity index is 560. The quantitative estimate of drug-likeness (QED) is 0.277. The fraction of sp³-hybridized carbons (Fsp3) is 0.765. The lowest BCUT2D eigenvalue weighted by Gasteiger charge is -2.27. The molecule has 0 aromatic heterocycles. The van der Waals surface area contributed by atoms with Crippen molar-refractivity contribution in [3.63, 3.8) is 0 Å². The van der Waals surface area contributed by atoms with Gasteiger partial charge in [0, 0.05) is 0 Å². The Labute approximate surface area is 158 Å². The van der Waals surface area contributed by atoms with E-state index >= 15 is 0 Å². The number of hydrogen-bond acceptors (Lipinski definition) is 6. The number of carbonyl (C=O) groups is 4. The van der Waals surface area contributed by atoms with Gasteiger partial charge in [0.05, 0.1) is 12.1 Å². The van der Waals surface area contributed by atoms with Crippen LogP contribution in [-0.4, -0.2) is 70.7 Å². The molecule has 3 amide bonds. The van der Waals surface area contributed by atoms with E-state index in [9.17, 15) is 24.3 Å². The Balaban J connectivity index is 2.79. The summed E-state index contributed by atoms with van der Waals surface area (Å²) in [7, 11) is 0. The van der Waals surface area contributed by atoms with Gasteiger partial charge in [0.15, 0.2) is 0 Å². The zero-order valence-electron chi connectivity index (χ0n) is 16.1. The van der Waals surface area contributed by atoms with Crippen molar-refractivity contribution in [1.82, 2.24) is 21.3 Å². The Morgan fingerprint density at radius 2 is 1.56 bits per heavy atom. The standard InChI is InChI=1S/C17H30N4O6/c1-8(2)12(20-14(23)11-6-5-7-18-11)15(24)21-13(10(4)22)16(25)19-9(3)17(26)27/h8-13,18,22H,5-7H2,1-4H3,(H,19,25)(H,20,23)(H,21,24)(H,26,27). The van der Waals surface area contributed by atoms with Crippen molar-refractivity contribution >= 4 is 23.7 Å². The number of aliphatic hydroxyl groups is 1. The van der Waals surface area contributed by atoms with E-state index in [1.54, 1.807) is 13.8 Å². The minimum atomic E-state index is -1.35. The first-order valence-corrected chi connectivity index (χ1v) is 9.10. The highest BCUT2D eigenvalue weighted by Crippen LogP contribution is 2.08. The van der Waals surface area contributed by atoms with E-state index in [2.05, 4.69) is 21.3 Å². The summed E-state index contributed by atoms with van der Waals surface area (Å²) >= 11 is 0. The van der Waals surface area contributed by atoms with E-state index in [0.717, 1.165) is 13.0 Å². The van der Waals surface area contributed by atoms with Gasteiger partial charge in [0.1, 0.15) is 18.1 Å². The van der Waals surface area contributed by atoms with Gasteiger partial charge in [-0.3, -0.25) is 19.2 Å². The summed E-state index contributed by atoms with van der Waals surface area (Å²) in [4.78, 5) is 48.0. The molecule has 0 bridgehead atoms. The molecule has 6 N–H and O–H groups in total. The maximum Gasteiger partial charge on any atom is 0.325 e. The summed E-state index contributed by atoms with van der Waals surface area (Å²) < 4.78 is 0. The van der Waals surface area contributed by atoms with E-state index in [1.165, 1.54) is 13.8 Å². The largest absolute Gasteiger partial charge is 0.480 e. The molecule has 10 heteroatoms. The lowest BCUT2D eigenvalue weighted by atomic mass is 10.0. The summed E-state index contributed by atoms with van der Waals surface area (Å²) in [5, 5.41) is 29.1. The van der Waals surface area contributed by atoms with Gasteiger partial charge in [-0.05, 0) is 39.2 Å². The van der Waals surface area contributed by atoms with Crippen molar-refractivity contribution in [3.05, 3.63) is 0 Å². The van der Waals surface area contributed by atoms with Gasteiger partial charge in [-0.25, -0.2) is 0 Å². The highest BCUT2D eigenvalue weighted by Gasteiger charge is 2.33. The molecule has 5 atom stereocenters. The lowest BCUT2D eigenvalue weighted by Crippen LogP contribution is -2.60. The number of nitrogens with one attached hydrogen (secondary N) is 4. The molecule has 0 saturated carbocycles. The molecule has 0 spiro atoms. The smallest absolute Gasteiger partial charge is 0.325 e. The second-order valence-electron chi connectivity index (χ2n) is 7.17. The highest BCUT2D eigenvalue weighted by molar-refractivity contribution is 5.94. The van der Waals surface area contributed by atoms with Crippen LogP contribution in [0.25, 0.3) is 0 Å². The van der Waals surface area contributed by atoms with Gasteiger partial charge < -0.3 is 31.5 Å². The van der Waals surface area contributed by atoms with Gasteiger partial charge in [0.2, 0.25) is 17.7 Å². The summed E-state index contributed by atoms with van der Waals surface area (Å²) in [6, 6.07) is -3.77. The van der Waals surface area contributed by atoms with Crippen molar-refractivity contribution in [3.8, 4) is 0 Å². The van der Waals surface area contributed by atoms with Crippen LogP contribution in [-0.2, 0) is 19.2 Å². The molecule has 0 aromatic rings. The molecular weight excluding hydrogens is 356 g/mol. The number of amides is 3. The first-order valence-electron chi connectivity index (χ1n) is 9.10. The number of carbonyl (C=O) groups excluding carboxylic acids is 3. The minimum Gasteiger partial charge on any atom is -0.480 e. The van der Waals surface area contributed by atoms with E-state index in [-0.39, 0.29) is 17.9 Å². The predicted molar refractivity (Wildman–Crippen MR) is 96.6 cm³/mol. The fourth-order valence-electron chi connectivity index (χ4n) is 2.71. The average Bonchev–Trinajstić information content (AvgIpc) is 3.10. The molecule has 0 radical (unpaired) electrons. The van der Waals surface area contributed by atoms with Crippen molar-refractivity contribution in [2.45, 2.75) is 70.8 Å². The molecule has 1 fully saturated rings. The van der Waals surface area contributed by atoms with E-state index in [0.29, 0.717) is 6.42 Å². The molecule has 1 heterocycles. The van der Waals surface area contributed by atoms with Gasteiger partial charge in [0.25, 0.3) is 0 Å². The summed E-state index contributed by atoms with van der Waals surface area (Å²) in [6.07, 6.45) is 0.308. The van der Waals surface area contributed by atoms with E-state index < -0.39 is 42.0 Å². The van der Waals surface area contributed by atoms with Crippen LogP contribution >= 0.6 is 0 Å². The molecule has 10 nitrogen and oxygen atoms in total. The molecule has 5 unspecified atom stereocenters. The third-order valence-corrected chi connectivity index (χ3v) is 4.42. The molecular formula is C17H30N4O6. The molecule has 1 saturated heterocycles. The zero-order valence-corrected chi connectivity index (χ0v) is 16.1. The van der Waals surface area contributed by atoms with Gasteiger partial charge in [-0.15, -0.1) is 0 Å². The number of hydrogen-bond donors (Lipinski definition) is 6. The Morgan fingerprint density at radius 1 is 0.963 bits per heavy atom. The Kier molecular flexibility index (Phi) is 8.64. The summed E-state index contributed by atoms with van der Waals surface area (Å²) in [5.41, 5.74) is 0. The van der Waals surface area contributed by atoms with Crippen LogP contribution in [0.4, 0.5) is 0 Å². The van der Waals surface area contributed by atoms with Crippen LogP contribution in [0.5, 0.6) is 0 Å². The average molecular weight is 386 g/mol. The van der Waals surface area contributed by atoms with Crippen LogP contribution in [0.3, 0.4) is 0 Å². The number of aliphatic carboxylic acids is 1. The van der Waals surface area contributed by atoms with Gasteiger partial charge in [-0.1, -0.05) is 13.8 Å². The van der Waals surface area contributed by atoms with Gasteiger partial charge >= 0.3 is 5.97 Å². The van der Waals surface area contributed by atoms with E-state index in [1.807, 2.05) is 0 Å². The molecule has 1 aliphatic rings. The fourth-order valence-corrected chi connectivity index (χ4v) is 2.71. The normalized spacial score (nSPS) is 21.0. The number of carboxylic acids is 1. The highest BCUT2D eigenvalue weighted by atomic mass is 16.4. The third-order valence-electron chi connectivity index (χ3n) is 4.42. The Morgan fingerprint density at radius 3 is 2.00 bits per heavy atom. The van der Waals surface area contributed by atoms with Crippen LogP contribution < -0.4 is 21.3 Å². The zero-order chi connectivity index (χ0) is 20.7. The topological polar surface area (TPSA) is 157 Å². The van der Waals surface area contributed by atoms with Crippen molar-refractivity contribution in [2.75, 3.05) is 6.54 Å². The first kappa shape index (κ1) is 22.8.